The number of aliphatic hydroxyl groups is 1. The van der Waals surface area contributed by atoms with Gasteiger partial charge in [0.15, 0.2) is 0 Å². The summed E-state index contributed by atoms with van der Waals surface area (Å²) in [4.78, 5) is 24.8. The molecule has 5 nitrogen and oxygen atoms in total. The van der Waals surface area contributed by atoms with Gasteiger partial charge in [0.05, 0.1) is 6.10 Å². The number of aliphatic hydroxyl groups excluding tert-OH is 1. The van der Waals surface area contributed by atoms with Gasteiger partial charge in [0.25, 0.3) is 0 Å². The molecule has 0 aromatic rings. The Hall–Kier alpha value is -1.88. The number of hydrogen-bond donors (Lipinski definition) is 2. The summed E-state index contributed by atoms with van der Waals surface area (Å²) in [5, 5.41) is 22.2. The van der Waals surface area contributed by atoms with Gasteiger partial charge in [0.1, 0.15) is 6.10 Å². The van der Waals surface area contributed by atoms with E-state index >= 15 is 0 Å². The highest BCUT2D eigenvalue weighted by Crippen LogP contribution is 2.74. The maximum Gasteiger partial charge on any atom is 0.331 e. The van der Waals surface area contributed by atoms with Gasteiger partial charge in [-0.05, 0) is 112 Å². The predicted octanol–water partition coefficient (Wildman–Crippen LogP) is 6.62. The smallest absolute Gasteiger partial charge is 0.331 e. The van der Waals surface area contributed by atoms with E-state index in [2.05, 4.69) is 39.8 Å². The van der Waals surface area contributed by atoms with Gasteiger partial charge < -0.3 is 14.9 Å². The average Bonchev–Trinajstić information content (AvgIpc) is 3.02. The number of rotatable bonds is 5. The number of ether oxygens (including phenoxy) is 1. The fourth-order valence-corrected chi connectivity index (χ4v) is 9.40. The number of esters is 1. The van der Waals surface area contributed by atoms with Crippen LogP contribution in [-0.4, -0.2) is 34.4 Å². The molecule has 3 fully saturated rings. The highest BCUT2D eigenvalue weighted by molar-refractivity contribution is 5.88. The van der Waals surface area contributed by atoms with E-state index in [0.29, 0.717) is 37.2 Å². The van der Waals surface area contributed by atoms with E-state index in [4.69, 9.17) is 4.74 Å². The first-order valence-corrected chi connectivity index (χ1v) is 13.9. The van der Waals surface area contributed by atoms with Crippen LogP contribution in [0, 0.1) is 34.0 Å². The number of aliphatic carboxylic acids is 1. The summed E-state index contributed by atoms with van der Waals surface area (Å²) < 4.78 is 5.88. The van der Waals surface area contributed by atoms with Gasteiger partial charge in [-0.25, -0.2) is 4.79 Å². The zero-order valence-electron chi connectivity index (χ0n) is 23.3. The Morgan fingerprint density at radius 2 is 1.81 bits per heavy atom. The normalized spacial score (nSPS) is 42.9. The molecule has 0 spiro atoms. The van der Waals surface area contributed by atoms with Crippen molar-refractivity contribution < 1.29 is 24.5 Å². The van der Waals surface area contributed by atoms with Crippen LogP contribution >= 0.6 is 0 Å². The van der Waals surface area contributed by atoms with E-state index in [1.807, 2.05) is 13.8 Å². The van der Waals surface area contributed by atoms with Crippen molar-refractivity contribution in [3.63, 3.8) is 0 Å². The minimum Gasteiger partial charge on any atom is -0.478 e. The van der Waals surface area contributed by atoms with Gasteiger partial charge in [-0.3, -0.25) is 4.79 Å². The maximum absolute atomic E-state index is 12.6. The van der Waals surface area contributed by atoms with Crippen LogP contribution < -0.4 is 0 Å². The molecule has 0 radical (unpaired) electrons. The molecule has 0 unspecified atom stereocenters. The lowest BCUT2D eigenvalue weighted by Crippen LogP contribution is -2.64. The van der Waals surface area contributed by atoms with Crippen molar-refractivity contribution in [2.24, 2.45) is 34.0 Å². The van der Waals surface area contributed by atoms with Crippen LogP contribution in [0.1, 0.15) is 99.8 Å². The highest BCUT2D eigenvalue weighted by Gasteiger charge is 2.70. The molecule has 4 aliphatic carbocycles. The van der Waals surface area contributed by atoms with Crippen molar-refractivity contribution in [1.29, 1.82) is 0 Å². The molecule has 0 aromatic heterocycles. The minimum atomic E-state index is -0.931. The third kappa shape index (κ3) is 4.10. The Morgan fingerprint density at radius 3 is 2.42 bits per heavy atom. The molecular weight excluding hydrogens is 452 g/mol. The van der Waals surface area contributed by atoms with Gasteiger partial charge >= 0.3 is 11.9 Å². The van der Waals surface area contributed by atoms with E-state index in [9.17, 15) is 19.8 Å². The van der Waals surface area contributed by atoms with E-state index in [1.165, 1.54) is 12.5 Å². The largest absolute Gasteiger partial charge is 0.478 e. The lowest BCUT2D eigenvalue weighted by atomic mass is 9.37. The molecule has 4 rings (SSSR count). The zero-order chi connectivity index (χ0) is 26.6. The van der Waals surface area contributed by atoms with Gasteiger partial charge in [-0.15, -0.1) is 0 Å². The average molecular weight is 499 g/mol. The van der Waals surface area contributed by atoms with Crippen LogP contribution in [0.15, 0.2) is 34.4 Å². The summed E-state index contributed by atoms with van der Waals surface area (Å²) in [6.07, 6.45) is 9.80. The molecule has 0 aliphatic heterocycles. The molecule has 4 aliphatic rings. The summed E-state index contributed by atoms with van der Waals surface area (Å²) in [7, 11) is 0. The van der Waals surface area contributed by atoms with Crippen molar-refractivity contribution >= 4 is 11.9 Å². The quantitative estimate of drug-likeness (QED) is 0.253. The van der Waals surface area contributed by atoms with Crippen molar-refractivity contribution in [1.82, 2.24) is 0 Å². The number of carbonyl (C=O) groups is 2. The summed E-state index contributed by atoms with van der Waals surface area (Å²) in [5.41, 5.74) is 3.33. The monoisotopic (exact) mass is 498 g/mol. The molecule has 2 N–H and O–H groups in total. The summed E-state index contributed by atoms with van der Waals surface area (Å²) in [5.74, 6) is -0.807. The molecule has 0 heterocycles. The second-order valence-electron chi connectivity index (χ2n) is 13.1. The van der Waals surface area contributed by atoms with E-state index < -0.39 is 18.2 Å². The Kier molecular flexibility index (Phi) is 7.13. The van der Waals surface area contributed by atoms with Crippen LogP contribution in [-0.2, 0) is 14.3 Å². The van der Waals surface area contributed by atoms with Crippen LogP contribution in [0.3, 0.4) is 0 Å². The van der Waals surface area contributed by atoms with Gasteiger partial charge in [0, 0.05) is 12.5 Å². The Balaban J connectivity index is 1.83. The third-order valence-corrected chi connectivity index (χ3v) is 11.0. The van der Waals surface area contributed by atoms with Crippen molar-refractivity contribution in [3.8, 4) is 0 Å². The number of carboxylic acid groups (broad SMARTS) is 1. The topological polar surface area (TPSA) is 83.8 Å². The molecule has 0 bridgehead atoms. The number of carbonyl (C=O) groups excluding carboxylic acids is 1. The summed E-state index contributed by atoms with van der Waals surface area (Å²) in [6.45, 7) is 14.7. The summed E-state index contributed by atoms with van der Waals surface area (Å²) >= 11 is 0. The number of fused-ring (bicyclic) bond motifs is 5. The summed E-state index contributed by atoms with van der Waals surface area (Å²) in [6, 6.07) is 0. The van der Waals surface area contributed by atoms with E-state index in [1.54, 1.807) is 0 Å². The van der Waals surface area contributed by atoms with Gasteiger partial charge in [0.2, 0.25) is 0 Å². The molecule has 36 heavy (non-hydrogen) atoms. The first kappa shape index (κ1) is 27.2. The molecule has 3 saturated carbocycles. The molecule has 200 valence electrons. The minimum absolute atomic E-state index is 0.0156. The molecule has 5 heteroatoms. The molecule has 0 saturated heterocycles. The van der Waals surface area contributed by atoms with Crippen molar-refractivity contribution in [2.75, 3.05) is 0 Å². The van der Waals surface area contributed by atoms with Gasteiger partial charge in [-0.1, -0.05) is 44.1 Å². The predicted molar refractivity (Wildman–Crippen MR) is 141 cm³/mol. The molecule has 0 aromatic carbocycles. The maximum atomic E-state index is 12.6. The SMILES string of the molecule is CC(=O)O[C@H]1C[C@@]2(C)[C@@H](C[C@@H](O)[C@H]3[C@@]4(C)CCC=C(C)[C@@H]4CC[C@@]32C)/C1=C(\CCC=C(C)C)C(=O)O. The first-order valence-electron chi connectivity index (χ1n) is 13.9. The number of hydrogen-bond acceptors (Lipinski definition) is 4. The Bertz CT molecular complexity index is 1020. The van der Waals surface area contributed by atoms with Crippen LogP contribution in [0.4, 0.5) is 0 Å². The fraction of sp³-hybridized carbons (Fsp3) is 0.742. The zero-order valence-corrected chi connectivity index (χ0v) is 23.3. The fourth-order valence-electron chi connectivity index (χ4n) is 9.40. The van der Waals surface area contributed by atoms with Crippen LogP contribution in [0.25, 0.3) is 0 Å². The van der Waals surface area contributed by atoms with Crippen LogP contribution in [0.5, 0.6) is 0 Å². The highest BCUT2D eigenvalue weighted by atomic mass is 16.5. The third-order valence-electron chi connectivity index (χ3n) is 11.0. The Labute approximate surface area is 217 Å². The Morgan fingerprint density at radius 1 is 1.11 bits per heavy atom. The lowest BCUT2D eigenvalue weighted by Gasteiger charge is -2.67. The van der Waals surface area contributed by atoms with E-state index in [0.717, 1.165) is 36.8 Å². The molecular formula is C31H46O5. The standard InChI is InChI=1S/C31H46O5/c1-18(2)10-8-12-21(28(34)35)26-23-16-24(33)27-29(5)14-9-11-19(3)22(29)13-15-30(27,6)31(23,7)17-25(26)36-20(4)32/h10-11,22-25,27,33H,8-9,12-17H2,1-7H3,(H,34,35)/b26-21-/t22-,23-,24+,25-,27-,29-,30-,31-/m0/s1. The van der Waals surface area contributed by atoms with E-state index in [-0.39, 0.29) is 34.1 Å². The van der Waals surface area contributed by atoms with Gasteiger partial charge in [-0.2, -0.15) is 0 Å². The number of allylic oxidation sites excluding steroid dienone is 4. The van der Waals surface area contributed by atoms with Crippen molar-refractivity contribution in [3.05, 3.63) is 34.4 Å². The lowest BCUT2D eigenvalue weighted by molar-refractivity contribution is -0.209. The number of carboxylic acids is 1. The second kappa shape index (κ2) is 9.45. The first-order chi connectivity index (χ1) is 16.8. The van der Waals surface area contributed by atoms with Crippen molar-refractivity contribution in [2.45, 2.75) is 112 Å². The molecule has 0 amide bonds. The second-order valence-corrected chi connectivity index (χ2v) is 13.1. The molecule has 8 atom stereocenters. The van der Waals surface area contributed by atoms with Crippen LogP contribution in [0.2, 0.25) is 0 Å².